The van der Waals surface area contributed by atoms with E-state index in [1.807, 2.05) is 32.9 Å². The third-order valence-electron chi connectivity index (χ3n) is 6.83. The van der Waals surface area contributed by atoms with Crippen molar-refractivity contribution >= 4 is 18.0 Å². The van der Waals surface area contributed by atoms with Crippen molar-refractivity contribution in [3.05, 3.63) is 108 Å². The molecule has 2 amide bonds. The summed E-state index contributed by atoms with van der Waals surface area (Å²) < 4.78 is 10.7. The zero-order valence-electron chi connectivity index (χ0n) is 24.4. The topological polar surface area (TPSA) is 125 Å². The molecular formula is C33H40N2O7. The molecule has 3 rings (SSSR count). The molecular weight excluding hydrogens is 536 g/mol. The number of carboxylic acids is 1. The van der Waals surface area contributed by atoms with Crippen molar-refractivity contribution < 1.29 is 34.1 Å². The molecule has 2 aromatic carbocycles. The van der Waals surface area contributed by atoms with Crippen molar-refractivity contribution in [2.75, 3.05) is 19.7 Å². The van der Waals surface area contributed by atoms with Gasteiger partial charge in [0, 0.05) is 25.2 Å². The lowest BCUT2D eigenvalue weighted by atomic mass is 9.88. The first-order valence-corrected chi connectivity index (χ1v) is 13.9. The lowest BCUT2D eigenvalue weighted by Crippen LogP contribution is -2.40. The molecule has 0 spiro atoms. The monoisotopic (exact) mass is 576 g/mol. The first-order valence-electron chi connectivity index (χ1n) is 13.9. The molecule has 0 bridgehead atoms. The van der Waals surface area contributed by atoms with Gasteiger partial charge in [0.05, 0.1) is 6.26 Å². The number of piperidine rings is 1. The number of hydrogen-bond acceptors (Lipinski definition) is 6. The van der Waals surface area contributed by atoms with Crippen LogP contribution in [0.2, 0.25) is 0 Å². The van der Waals surface area contributed by atoms with Crippen LogP contribution in [0, 0.1) is 0 Å². The normalized spacial score (nSPS) is 16.0. The number of carbonyl (C=O) groups is 3. The highest BCUT2D eigenvalue weighted by Gasteiger charge is 2.39. The van der Waals surface area contributed by atoms with E-state index in [9.17, 15) is 24.6 Å². The average Bonchev–Trinajstić information content (AvgIpc) is 2.97. The minimum absolute atomic E-state index is 0.191. The maximum absolute atomic E-state index is 13.3. The Morgan fingerprint density at radius 3 is 2.38 bits per heavy atom. The third kappa shape index (κ3) is 9.07. The van der Waals surface area contributed by atoms with E-state index >= 15 is 0 Å². The first-order chi connectivity index (χ1) is 19.9. The van der Waals surface area contributed by atoms with Gasteiger partial charge in [-0.2, -0.15) is 0 Å². The fourth-order valence-corrected chi connectivity index (χ4v) is 4.64. The summed E-state index contributed by atoms with van der Waals surface area (Å²) in [5.74, 6) is -1.36. The van der Waals surface area contributed by atoms with E-state index in [0.717, 1.165) is 24.0 Å². The van der Waals surface area contributed by atoms with Gasteiger partial charge in [-0.3, -0.25) is 4.79 Å². The van der Waals surface area contributed by atoms with E-state index in [1.54, 1.807) is 29.2 Å². The number of amides is 2. The van der Waals surface area contributed by atoms with Crippen LogP contribution in [0.5, 0.6) is 0 Å². The lowest BCUT2D eigenvalue weighted by molar-refractivity contribution is -0.164. The molecule has 0 saturated carbocycles. The van der Waals surface area contributed by atoms with Crippen molar-refractivity contribution in [2.24, 2.45) is 0 Å². The highest BCUT2D eigenvalue weighted by Crippen LogP contribution is 2.29. The van der Waals surface area contributed by atoms with E-state index < -0.39 is 29.9 Å². The number of allylic oxidation sites excluding steroid dienone is 2. The number of aliphatic hydroxyl groups is 1. The highest BCUT2D eigenvalue weighted by molar-refractivity contribution is 5.96. The fraction of sp³-hybridized carbons (Fsp3) is 0.364. The molecule has 9 nitrogen and oxygen atoms in total. The molecule has 2 aromatic rings. The van der Waals surface area contributed by atoms with Gasteiger partial charge in [-0.15, -0.1) is 0 Å². The minimum Gasteiger partial charge on any atom is -0.497 e. The van der Waals surface area contributed by atoms with Gasteiger partial charge in [-0.25, -0.2) is 9.59 Å². The number of carbonyl (C=O) groups excluding carboxylic acids is 2. The summed E-state index contributed by atoms with van der Waals surface area (Å²) in [5.41, 5.74) is -0.142. The molecule has 42 heavy (non-hydrogen) atoms. The quantitative estimate of drug-likeness (QED) is 0.195. The van der Waals surface area contributed by atoms with Gasteiger partial charge in [-0.1, -0.05) is 67.3 Å². The number of carboxylic acid groups (broad SMARTS) is 1. The van der Waals surface area contributed by atoms with Crippen molar-refractivity contribution in [1.82, 2.24) is 10.2 Å². The Bertz CT molecular complexity index is 1310. The molecule has 0 radical (unpaired) electrons. The maximum atomic E-state index is 13.3. The van der Waals surface area contributed by atoms with E-state index in [1.165, 1.54) is 30.5 Å². The van der Waals surface area contributed by atoms with Crippen LogP contribution in [0.15, 0.2) is 91.2 Å². The lowest BCUT2D eigenvalue weighted by Gasteiger charge is -2.32. The van der Waals surface area contributed by atoms with Crippen LogP contribution in [0.3, 0.4) is 0 Å². The molecule has 0 aliphatic carbocycles. The SMILES string of the molecule is C=CC=C(C=COCC(O)(C(=O)O)c1ccccc1)C(=O)N1CCC(c2cccc(CNC(=O)OC(C)(C)C)c2)CC1. The van der Waals surface area contributed by atoms with E-state index in [-0.39, 0.29) is 17.4 Å². The van der Waals surface area contributed by atoms with Gasteiger partial charge in [0.2, 0.25) is 5.60 Å². The van der Waals surface area contributed by atoms with Crippen LogP contribution in [0.25, 0.3) is 0 Å². The smallest absolute Gasteiger partial charge is 0.407 e. The van der Waals surface area contributed by atoms with E-state index in [0.29, 0.717) is 25.2 Å². The van der Waals surface area contributed by atoms with Crippen LogP contribution < -0.4 is 5.32 Å². The number of hydrogen-bond donors (Lipinski definition) is 3. The number of rotatable bonds is 11. The summed E-state index contributed by atoms with van der Waals surface area (Å²) in [5, 5.41) is 23.1. The number of nitrogens with one attached hydrogen (secondary N) is 1. The Labute approximate surface area is 247 Å². The summed E-state index contributed by atoms with van der Waals surface area (Å²) in [4.78, 5) is 38.8. The van der Waals surface area contributed by atoms with Gasteiger partial charge in [0.1, 0.15) is 12.2 Å². The minimum atomic E-state index is -2.23. The molecule has 1 aliphatic rings. The molecule has 0 aromatic heterocycles. The Balaban J connectivity index is 1.56. The van der Waals surface area contributed by atoms with Crippen molar-refractivity contribution in [2.45, 2.75) is 57.3 Å². The van der Waals surface area contributed by atoms with Crippen LogP contribution >= 0.6 is 0 Å². The molecule has 1 saturated heterocycles. The van der Waals surface area contributed by atoms with Gasteiger partial charge in [0.25, 0.3) is 5.91 Å². The molecule has 1 unspecified atom stereocenters. The van der Waals surface area contributed by atoms with Gasteiger partial charge in [0.15, 0.2) is 0 Å². The maximum Gasteiger partial charge on any atom is 0.407 e. The zero-order chi connectivity index (χ0) is 30.8. The summed E-state index contributed by atoms with van der Waals surface area (Å²) in [6.07, 6.45) is 6.82. The van der Waals surface area contributed by atoms with Crippen LogP contribution in [-0.2, 0) is 31.2 Å². The molecule has 1 atom stereocenters. The van der Waals surface area contributed by atoms with Gasteiger partial charge < -0.3 is 29.9 Å². The second-order valence-corrected chi connectivity index (χ2v) is 11.2. The Hall–Kier alpha value is -4.37. The van der Waals surface area contributed by atoms with Crippen LogP contribution in [0.4, 0.5) is 4.79 Å². The number of alkyl carbamates (subject to hydrolysis) is 1. The molecule has 1 fully saturated rings. The zero-order valence-corrected chi connectivity index (χ0v) is 24.4. The highest BCUT2D eigenvalue weighted by atomic mass is 16.6. The predicted octanol–water partition coefficient (Wildman–Crippen LogP) is 5.03. The number of aliphatic carboxylic acids is 1. The molecule has 3 N–H and O–H groups in total. The summed E-state index contributed by atoms with van der Waals surface area (Å²) >= 11 is 0. The largest absolute Gasteiger partial charge is 0.497 e. The Kier molecular flexibility index (Phi) is 11.1. The van der Waals surface area contributed by atoms with E-state index in [2.05, 4.69) is 24.0 Å². The number of nitrogens with zero attached hydrogens (tertiary/aromatic N) is 1. The predicted molar refractivity (Wildman–Crippen MR) is 159 cm³/mol. The van der Waals surface area contributed by atoms with Crippen molar-refractivity contribution in [1.29, 1.82) is 0 Å². The second kappa shape index (κ2) is 14.5. The van der Waals surface area contributed by atoms with Gasteiger partial charge >= 0.3 is 12.1 Å². The Morgan fingerprint density at radius 2 is 1.76 bits per heavy atom. The summed E-state index contributed by atoms with van der Waals surface area (Å²) in [7, 11) is 0. The molecule has 224 valence electrons. The number of benzene rings is 2. The Morgan fingerprint density at radius 1 is 1.07 bits per heavy atom. The molecule has 9 heteroatoms. The number of likely N-dealkylation sites (tertiary alicyclic amines) is 1. The summed E-state index contributed by atoms with van der Waals surface area (Å²) in [6.45, 7) is 10.1. The van der Waals surface area contributed by atoms with Crippen LogP contribution in [0.1, 0.15) is 56.2 Å². The van der Waals surface area contributed by atoms with Gasteiger partial charge in [-0.05, 0) is 68.4 Å². The summed E-state index contributed by atoms with van der Waals surface area (Å²) in [6, 6.07) is 16.1. The first kappa shape index (κ1) is 32.1. The third-order valence-corrected chi connectivity index (χ3v) is 6.83. The molecule has 1 heterocycles. The second-order valence-electron chi connectivity index (χ2n) is 11.2. The fourth-order valence-electron chi connectivity index (χ4n) is 4.64. The standard InChI is InChI=1S/C33H40N2O7/c1-5-10-26(17-20-41-23-33(40,30(37)38)28-13-7-6-8-14-28)29(36)35-18-15-25(16-19-35)27-12-9-11-24(21-27)22-34-31(39)42-32(2,3)4/h5-14,17,20-21,25,40H,1,15-16,18-19,22-23H2,2-4H3,(H,34,39)(H,37,38). The molecule has 1 aliphatic heterocycles. The van der Waals surface area contributed by atoms with Crippen LogP contribution in [-0.4, -0.2) is 58.4 Å². The van der Waals surface area contributed by atoms with Crippen molar-refractivity contribution in [3.8, 4) is 0 Å². The van der Waals surface area contributed by atoms with Crippen molar-refractivity contribution in [3.63, 3.8) is 0 Å². The van der Waals surface area contributed by atoms with E-state index in [4.69, 9.17) is 9.47 Å². The average molecular weight is 577 g/mol. The number of ether oxygens (including phenoxy) is 2.